The lowest BCUT2D eigenvalue weighted by molar-refractivity contribution is 0.0591. The van der Waals surface area contributed by atoms with Crippen LogP contribution in [-0.4, -0.2) is 26.2 Å². The first-order valence-electron chi connectivity index (χ1n) is 8.30. The number of methoxy groups -OCH3 is 2. The molecule has 0 fully saturated rings. The molecule has 0 bridgehead atoms. The van der Waals surface area contributed by atoms with Crippen molar-refractivity contribution in [3.63, 3.8) is 0 Å². The van der Waals surface area contributed by atoms with Crippen LogP contribution in [0.4, 0.5) is 0 Å². The molecule has 3 aromatic carbocycles. The summed E-state index contributed by atoms with van der Waals surface area (Å²) in [6.07, 6.45) is 0. The summed E-state index contributed by atoms with van der Waals surface area (Å²) in [6.45, 7) is 0. The maximum atomic E-state index is 11.9. The maximum Gasteiger partial charge on any atom is 0.338 e. The van der Waals surface area contributed by atoms with Crippen LogP contribution in [-0.2, 0) is 20.4 Å². The van der Waals surface area contributed by atoms with E-state index in [1.54, 1.807) is 18.2 Å². The van der Waals surface area contributed by atoms with Crippen molar-refractivity contribution in [3.05, 3.63) is 90.0 Å². The van der Waals surface area contributed by atoms with Gasteiger partial charge in [-0.25, -0.2) is 9.59 Å². The second-order valence-electron chi connectivity index (χ2n) is 5.65. The smallest absolute Gasteiger partial charge is 0.338 e. The molecule has 1 unspecified atom stereocenters. The molecule has 0 N–H and O–H groups in total. The fourth-order valence-corrected chi connectivity index (χ4v) is 4.79. The van der Waals surface area contributed by atoms with Gasteiger partial charge in [-0.1, -0.05) is 24.3 Å². The van der Waals surface area contributed by atoms with Gasteiger partial charge in [0.25, 0.3) is 0 Å². The molecule has 0 aliphatic carbocycles. The van der Waals surface area contributed by atoms with Gasteiger partial charge in [-0.2, -0.15) is 0 Å². The Kier molecular flexibility index (Phi) is 5.94. The zero-order valence-electron chi connectivity index (χ0n) is 15.0. The number of benzene rings is 3. The highest BCUT2D eigenvalue weighted by atomic mass is 32.2. The third-order valence-electron chi connectivity index (χ3n) is 3.98. The highest BCUT2D eigenvalue weighted by Crippen LogP contribution is 2.31. The minimum atomic E-state index is -0.427. The molecular weight excluding hydrogens is 360 g/mol. The average molecular weight is 379 g/mol. The van der Waals surface area contributed by atoms with E-state index in [1.165, 1.54) is 14.2 Å². The lowest BCUT2D eigenvalue weighted by atomic mass is 10.2. The summed E-state index contributed by atoms with van der Waals surface area (Å²) in [7, 11) is 2.31. The number of rotatable bonds is 5. The number of esters is 2. The summed E-state index contributed by atoms with van der Waals surface area (Å²) in [5, 5.41) is 0. The molecule has 0 aromatic heterocycles. The van der Waals surface area contributed by atoms with E-state index in [2.05, 4.69) is 12.1 Å². The van der Waals surface area contributed by atoms with Crippen molar-refractivity contribution < 1.29 is 19.1 Å². The average Bonchev–Trinajstić information content (AvgIpc) is 2.74. The summed E-state index contributed by atoms with van der Waals surface area (Å²) < 4.78 is 9.62. The molecule has 136 valence electrons. The third kappa shape index (κ3) is 4.20. The molecular formula is C22H19O4S+. The number of hydrogen-bond donors (Lipinski definition) is 0. The predicted octanol–water partition coefficient (Wildman–Crippen LogP) is 4.36. The SMILES string of the molecule is COC(=O)c1ccc([S+](c2ccccc2)c2cccc(C(=O)OC)c2)cc1. The Morgan fingerprint density at radius 3 is 1.81 bits per heavy atom. The topological polar surface area (TPSA) is 52.6 Å². The zero-order valence-corrected chi connectivity index (χ0v) is 15.9. The Bertz CT molecular complexity index is 936. The van der Waals surface area contributed by atoms with Crippen LogP contribution in [0.15, 0.2) is 93.5 Å². The predicted molar refractivity (Wildman–Crippen MR) is 104 cm³/mol. The summed E-state index contributed by atoms with van der Waals surface area (Å²) in [5.41, 5.74) is 1.01. The second-order valence-corrected chi connectivity index (χ2v) is 7.68. The van der Waals surface area contributed by atoms with Crippen molar-refractivity contribution in [1.82, 2.24) is 0 Å². The van der Waals surface area contributed by atoms with Crippen LogP contribution in [0.25, 0.3) is 0 Å². The van der Waals surface area contributed by atoms with Crippen molar-refractivity contribution in [2.24, 2.45) is 0 Å². The summed E-state index contributed by atoms with van der Waals surface area (Å²) in [4.78, 5) is 26.8. The van der Waals surface area contributed by atoms with Crippen molar-refractivity contribution >= 4 is 22.8 Å². The zero-order chi connectivity index (χ0) is 19.2. The molecule has 0 aliphatic rings. The number of carbonyl (C=O) groups is 2. The molecule has 0 radical (unpaired) electrons. The Labute approximate surface area is 161 Å². The molecule has 0 saturated heterocycles. The first-order chi connectivity index (χ1) is 13.1. The van der Waals surface area contributed by atoms with Gasteiger partial charge < -0.3 is 9.47 Å². The maximum absolute atomic E-state index is 11.9. The summed E-state index contributed by atoms with van der Waals surface area (Å²) >= 11 is 0. The first kappa shape index (κ1) is 18.7. The minimum absolute atomic E-state index is 0.366. The van der Waals surface area contributed by atoms with Crippen LogP contribution in [0.5, 0.6) is 0 Å². The van der Waals surface area contributed by atoms with E-state index in [0.717, 1.165) is 14.7 Å². The summed E-state index contributed by atoms with van der Waals surface area (Å²) in [5.74, 6) is -0.733. The fourth-order valence-electron chi connectivity index (χ4n) is 2.68. The van der Waals surface area contributed by atoms with Gasteiger partial charge in [0.2, 0.25) is 0 Å². The van der Waals surface area contributed by atoms with E-state index in [1.807, 2.05) is 48.5 Å². The quantitative estimate of drug-likeness (QED) is 0.488. The van der Waals surface area contributed by atoms with Crippen LogP contribution in [0, 0.1) is 0 Å². The van der Waals surface area contributed by atoms with Crippen LogP contribution >= 0.6 is 0 Å². The number of hydrogen-bond acceptors (Lipinski definition) is 4. The van der Waals surface area contributed by atoms with Crippen molar-refractivity contribution in [3.8, 4) is 0 Å². The standard InChI is InChI=1S/C22H19O4S/c1-25-21(23)16-11-13-19(14-12-16)27(18-8-4-3-5-9-18)20-10-6-7-17(15-20)22(24)26-2/h3-15H,1-2H3/q+1. The minimum Gasteiger partial charge on any atom is -0.465 e. The van der Waals surface area contributed by atoms with E-state index in [0.29, 0.717) is 11.1 Å². The largest absolute Gasteiger partial charge is 0.465 e. The molecule has 0 amide bonds. The first-order valence-corrected chi connectivity index (χ1v) is 9.52. The summed E-state index contributed by atoms with van der Waals surface area (Å²) in [6, 6.07) is 24.9. The van der Waals surface area contributed by atoms with Gasteiger partial charge in [0.15, 0.2) is 14.7 Å². The van der Waals surface area contributed by atoms with Gasteiger partial charge in [0.05, 0.1) is 36.2 Å². The van der Waals surface area contributed by atoms with Crippen LogP contribution in [0.2, 0.25) is 0 Å². The molecule has 3 rings (SSSR count). The van der Waals surface area contributed by atoms with Gasteiger partial charge in [0.1, 0.15) is 0 Å². The van der Waals surface area contributed by atoms with Crippen LogP contribution in [0.3, 0.4) is 0 Å². The van der Waals surface area contributed by atoms with Gasteiger partial charge in [-0.15, -0.1) is 0 Å². The number of ether oxygens (including phenoxy) is 2. The van der Waals surface area contributed by atoms with Gasteiger partial charge in [0, 0.05) is 6.07 Å². The normalized spacial score (nSPS) is 11.5. The molecule has 1 atom stereocenters. The molecule has 0 heterocycles. The van der Waals surface area contributed by atoms with Crippen molar-refractivity contribution in [2.45, 2.75) is 14.7 Å². The van der Waals surface area contributed by atoms with Crippen molar-refractivity contribution in [2.75, 3.05) is 14.2 Å². The lowest BCUT2D eigenvalue weighted by Crippen LogP contribution is -2.08. The van der Waals surface area contributed by atoms with Gasteiger partial charge in [-0.3, -0.25) is 0 Å². The molecule has 5 heteroatoms. The Morgan fingerprint density at radius 2 is 1.19 bits per heavy atom. The molecule has 0 spiro atoms. The molecule has 27 heavy (non-hydrogen) atoms. The number of carbonyl (C=O) groups excluding carboxylic acids is 2. The highest BCUT2D eigenvalue weighted by molar-refractivity contribution is 7.97. The van der Waals surface area contributed by atoms with E-state index in [9.17, 15) is 9.59 Å². The fraction of sp³-hybridized carbons (Fsp3) is 0.0909. The highest BCUT2D eigenvalue weighted by Gasteiger charge is 2.29. The van der Waals surface area contributed by atoms with E-state index >= 15 is 0 Å². The molecule has 4 nitrogen and oxygen atoms in total. The van der Waals surface area contributed by atoms with Gasteiger partial charge >= 0.3 is 11.9 Å². The molecule has 0 aliphatic heterocycles. The van der Waals surface area contributed by atoms with E-state index < -0.39 is 10.9 Å². The Morgan fingerprint density at radius 1 is 0.630 bits per heavy atom. The Balaban J connectivity index is 2.08. The second kappa shape index (κ2) is 8.56. The monoisotopic (exact) mass is 379 g/mol. The molecule has 3 aromatic rings. The van der Waals surface area contributed by atoms with Gasteiger partial charge in [-0.05, 0) is 48.5 Å². The van der Waals surface area contributed by atoms with E-state index in [4.69, 9.17) is 9.47 Å². The Hall–Kier alpha value is -3.05. The van der Waals surface area contributed by atoms with Crippen LogP contribution in [0.1, 0.15) is 20.7 Å². The lowest BCUT2D eigenvalue weighted by Gasteiger charge is -2.09. The van der Waals surface area contributed by atoms with E-state index in [-0.39, 0.29) is 11.9 Å². The third-order valence-corrected chi connectivity index (χ3v) is 6.19. The van der Waals surface area contributed by atoms with Crippen molar-refractivity contribution in [1.29, 1.82) is 0 Å². The van der Waals surface area contributed by atoms with Crippen LogP contribution < -0.4 is 0 Å². The molecule has 0 saturated carbocycles.